The zero-order valence-electron chi connectivity index (χ0n) is 9.68. The van der Waals surface area contributed by atoms with Crippen LogP contribution in [0.4, 0.5) is 0 Å². The fourth-order valence-corrected chi connectivity index (χ4v) is 1.47. The lowest BCUT2D eigenvalue weighted by Crippen LogP contribution is -2.12. The molecule has 0 atom stereocenters. The van der Waals surface area contributed by atoms with Crippen LogP contribution >= 0.6 is 0 Å². The molecule has 17 heavy (non-hydrogen) atoms. The van der Waals surface area contributed by atoms with E-state index in [4.69, 9.17) is 10.3 Å². The predicted octanol–water partition coefficient (Wildman–Crippen LogP) is 1.96. The van der Waals surface area contributed by atoms with E-state index < -0.39 is 5.91 Å². The minimum atomic E-state index is -0.503. The molecule has 88 valence electrons. The van der Waals surface area contributed by atoms with E-state index in [1.54, 1.807) is 24.3 Å². The minimum absolute atomic E-state index is 0.150. The maximum absolute atomic E-state index is 11.3. The van der Waals surface area contributed by atoms with Gasteiger partial charge in [0.2, 0.25) is 17.6 Å². The fourth-order valence-electron chi connectivity index (χ4n) is 1.47. The van der Waals surface area contributed by atoms with Crippen LogP contribution in [0.1, 0.15) is 36.0 Å². The molecule has 1 aromatic heterocycles. The molecular formula is C12H13N3O2. The quantitative estimate of drug-likeness (QED) is 0.875. The summed E-state index contributed by atoms with van der Waals surface area (Å²) in [5.74, 6) is 0.580. The zero-order valence-corrected chi connectivity index (χ0v) is 9.68. The van der Waals surface area contributed by atoms with E-state index in [2.05, 4.69) is 10.1 Å². The first-order valence-corrected chi connectivity index (χ1v) is 5.32. The second kappa shape index (κ2) is 4.37. The lowest BCUT2D eigenvalue weighted by atomic mass is 10.1. The molecule has 0 fully saturated rings. The maximum atomic E-state index is 11.3. The number of hydrogen-bond donors (Lipinski definition) is 1. The van der Waals surface area contributed by atoms with Gasteiger partial charge in [-0.1, -0.05) is 37.2 Å². The lowest BCUT2D eigenvalue weighted by molar-refractivity contribution is 0.100. The Morgan fingerprint density at radius 1 is 1.35 bits per heavy atom. The highest BCUT2D eigenvalue weighted by molar-refractivity contribution is 5.98. The summed E-state index contributed by atoms with van der Waals surface area (Å²) in [4.78, 5) is 15.5. The molecule has 5 nitrogen and oxygen atoms in total. The van der Waals surface area contributed by atoms with Gasteiger partial charge in [0.15, 0.2) is 0 Å². The van der Waals surface area contributed by atoms with E-state index in [1.807, 2.05) is 13.8 Å². The standard InChI is InChI=1S/C12H13N3O2/c1-7(2)12-14-11(15-17-12)9-6-4-3-5-8(9)10(13)16/h3-7H,1-2H3,(H2,13,16). The van der Waals surface area contributed by atoms with Crippen LogP contribution in [0.2, 0.25) is 0 Å². The molecule has 2 aromatic rings. The lowest BCUT2D eigenvalue weighted by Gasteiger charge is -2.00. The van der Waals surface area contributed by atoms with Gasteiger partial charge >= 0.3 is 0 Å². The van der Waals surface area contributed by atoms with Crippen LogP contribution in [0.15, 0.2) is 28.8 Å². The summed E-state index contributed by atoms with van der Waals surface area (Å²) >= 11 is 0. The molecule has 0 aliphatic rings. The van der Waals surface area contributed by atoms with Crippen LogP contribution in [-0.2, 0) is 0 Å². The minimum Gasteiger partial charge on any atom is -0.366 e. The summed E-state index contributed by atoms with van der Waals surface area (Å²) in [5, 5.41) is 3.86. The second-order valence-corrected chi connectivity index (χ2v) is 4.02. The Bertz CT molecular complexity index is 546. The topological polar surface area (TPSA) is 82.0 Å². The first-order chi connectivity index (χ1) is 8.09. The molecule has 0 unspecified atom stereocenters. The van der Waals surface area contributed by atoms with Gasteiger partial charge in [-0.25, -0.2) is 0 Å². The smallest absolute Gasteiger partial charge is 0.249 e. The normalized spacial score (nSPS) is 10.8. The Labute approximate surface area is 98.6 Å². The van der Waals surface area contributed by atoms with E-state index in [9.17, 15) is 4.79 Å². The molecule has 0 saturated carbocycles. The number of rotatable bonds is 3. The monoisotopic (exact) mass is 231 g/mol. The van der Waals surface area contributed by atoms with E-state index >= 15 is 0 Å². The van der Waals surface area contributed by atoms with Crippen molar-refractivity contribution in [2.75, 3.05) is 0 Å². The van der Waals surface area contributed by atoms with E-state index in [0.717, 1.165) is 0 Å². The van der Waals surface area contributed by atoms with Crippen LogP contribution in [0, 0.1) is 0 Å². The molecule has 0 radical (unpaired) electrons. The van der Waals surface area contributed by atoms with Gasteiger partial charge in [-0.3, -0.25) is 4.79 Å². The molecule has 1 heterocycles. The van der Waals surface area contributed by atoms with Crippen molar-refractivity contribution in [3.63, 3.8) is 0 Å². The van der Waals surface area contributed by atoms with Gasteiger partial charge in [0, 0.05) is 11.5 Å². The summed E-state index contributed by atoms with van der Waals surface area (Å²) in [5.41, 5.74) is 6.28. The largest absolute Gasteiger partial charge is 0.366 e. The average molecular weight is 231 g/mol. The van der Waals surface area contributed by atoms with Crippen molar-refractivity contribution >= 4 is 5.91 Å². The fraction of sp³-hybridized carbons (Fsp3) is 0.250. The summed E-state index contributed by atoms with van der Waals surface area (Å²) in [6.07, 6.45) is 0. The zero-order chi connectivity index (χ0) is 12.4. The van der Waals surface area contributed by atoms with Crippen LogP contribution < -0.4 is 5.73 Å². The third-order valence-electron chi connectivity index (χ3n) is 2.37. The SMILES string of the molecule is CC(C)c1nc(-c2ccccc2C(N)=O)no1. The summed E-state index contributed by atoms with van der Waals surface area (Å²) in [6.45, 7) is 3.91. The Hall–Kier alpha value is -2.17. The van der Waals surface area contributed by atoms with Gasteiger partial charge in [0.1, 0.15) is 0 Å². The number of amides is 1. The highest BCUT2D eigenvalue weighted by atomic mass is 16.5. The highest BCUT2D eigenvalue weighted by Gasteiger charge is 2.16. The predicted molar refractivity (Wildman–Crippen MR) is 62.3 cm³/mol. The summed E-state index contributed by atoms with van der Waals surface area (Å²) < 4.78 is 5.10. The van der Waals surface area contributed by atoms with Crippen molar-refractivity contribution in [3.05, 3.63) is 35.7 Å². The van der Waals surface area contributed by atoms with Crippen molar-refractivity contribution < 1.29 is 9.32 Å². The molecule has 0 aliphatic carbocycles. The number of nitrogens with zero attached hydrogens (tertiary/aromatic N) is 2. The maximum Gasteiger partial charge on any atom is 0.249 e. The number of carbonyl (C=O) groups excluding carboxylic acids is 1. The number of primary amides is 1. The van der Waals surface area contributed by atoms with Crippen LogP contribution in [0.3, 0.4) is 0 Å². The molecule has 2 N–H and O–H groups in total. The third kappa shape index (κ3) is 2.18. The molecular weight excluding hydrogens is 218 g/mol. The first-order valence-electron chi connectivity index (χ1n) is 5.32. The van der Waals surface area contributed by atoms with Crippen molar-refractivity contribution in [3.8, 4) is 11.4 Å². The summed E-state index contributed by atoms with van der Waals surface area (Å²) in [6, 6.07) is 6.93. The molecule has 5 heteroatoms. The first kappa shape index (κ1) is 11.3. The van der Waals surface area contributed by atoms with Crippen molar-refractivity contribution in [1.82, 2.24) is 10.1 Å². The van der Waals surface area contributed by atoms with Gasteiger partial charge in [-0.2, -0.15) is 4.98 Å². The van der Waals surface area contributed by atoms with Crippen molar-refractivity contribution in [1.29, 1.82) is 0 Å². The second-order valence-electron chi connectivity index (χ2n) is 4.02. The van der Waals surface area contributed by atoms with Crippen LogP contribution in [0.25, 0.3) is 11.4 Å². The number of hydrogen-bond acceptors (Lipinski definition) is 4. The number of benzene rings is 1. The molecule has 0 spiro atoms. The van der Waals surface area contributed by atoms with Gasteiger partial charge in [0.05, 0.1) is 5.56 Å². The van der Waals surface area contributed by atoms with Crippen LogP contribution in [0.5, 0.6) is 0 Å². The Morgan fingerprint density at radius 3 is 2.65 bits per heavy atom. The van der Waals surface area contributed by atoms with E-state index in [1.165, 1.54) is 0 Å². The summed E-state index contributed by atoms with van der Waals surface area (Å²) in [7, 11) is 0. The van der Waals surface area contributed by atoms with Crippen LogP contribution in [-0.4, -0.2) is 16.0 Å². The number of carbonyl (C=O) groups is 1. The average Bonchev–Trinajstić information content (AvgIpc) is 2.78. The van der Waals surface area contributed by atoms with Gasteiger partial charge < -0.3 is 10.3 Å². The number of nitrogens with two attached hydrogens (primary N) is 1. The number of aromatic nitrogens is 2. The molecule has 1 amide bonds. The van der Waals surface area contributed by atoms with E-state index in [-0.39, 0.29) is 5.92 Å². The Balaban J connectivity index is 2.49. The van der Waals surface area contributed by atoms with Gasteiger partial charge in [-0.15, -0.1) is 0 Å². The molecule has 0 aliphatic heterocycles. The molecule has 2 rings (SSSR count). The van der Waals surface area contributed by atoms with Crippen molar-refractivity contribution in [2.24, 2.45) is 5.73 Å². The molecule has 1 aromatic carbocycles. The Kier molecular flexibility index (Phi) is 2.91. The highest BCUT2D eigenvalue weighted by Crippen LogP contribution is 2.22. The van der Waals surface area contributed by atoms with Crippen molar-refractivity contribution in [2.45, 2.75) is 19.8 Å². The Morgan fingerprint density at radius 2 is 2.06 bits per heavy atom. The van der Waals surface area contributed by atoms with E-state index in [0.29, 0.717) is 22.8 Å². The molecule has 0 bridgehead atoms. The van der Waals surface area contributed by atoms with Gasteiger partial charge in [-0.05, 0) is 6.07 Å². The third-order valence-corrected chi connectivity index (χ3v) is 2.37. The molecule has 0 saturated heterocycles. The van der Waals surface area contributed by atoms with Gasteiger partial charge in [0.25, 0.3) is 0 Å².